The van der Waals surface area contributed by atoms with Gasteiger partial charge >= 0.3 is 12.1 Å². The van der Waals surface area contributed by atoms with Gasteiger partial charge < -0.3 is 14.6 Å². The summed E-state index contributed by atoms with van der Waals surface area (Å²) in [6.07, 6.45) is 0.742. The molecule has 0 aliphatic carbocycles. The fourth-order valence-corrected chi connectivity index (χ4v) is 4.42. The first-order valence-corrected chi connectivity index (χ1v) is 11.9. The van der Waals surface area contributed by atoms with E-state index in [1.165, 1.54) is 0 Å². The molecule has 0 unspecified atom stereocenters. The number of carbonyl (C=O) groups excluding carboxylic acids is 1. The fourth-order valence-electron chi connectivity index (χ4n) is 4.42. The predicted octanol–water partition coefficient (Wildman–Crippen LogP) is 5.42. The summed E-state index contributed by atoms with van der Waals surface area (Å²) in [5.74, 6) is -0.334. The predicted molar refractivity (Wildman–Crippen MR) is 139 cm³/mol. The van der Waals surface area contributed by atoms with Crippen molar-refractivity contribution in [3.05, 3.63) is 96.2 Å². The van der Waals surface area contributed by atoms with Crippen LogP contribution in [-0.2, 0) is 26.7 Å². The molecule has 5 rings (SSSR count). The maximum absolute atomic E-state index is 12.6. The molecule has 2 heterocycles. The SMILES string of the molecule is C[C@@H](OC(=O)Nc1c(-c2ccc(-c3ccc(C4(C(=O)O)COC4)cc3)cc2)cnn1C)c1ccccc1. The van der Waals surface area contributed by atoms with Crippen molar-refractivity contribution in [1.82, 2.24) is 9.78 Å². The molecule has 0 saturated carbocycles. The van der Waals surface area contributed by atoms with Crippen LogP contribution < -0.4 is 5.32 Å². The minimum absolute atomic E-state index is 0.191. The number of ether oxygens (including phenoxy) is 2. The van der Waals surface area contributed by atoms with Gasteiger partial charge in [0.05, 0.1) is 19.4 Å². The Labute approximate surface area is 214 Å². The van der Waals surface area contributed by atoms with E-state index in [0.29, 0.717) is 5.82 Å². The highest BCUT2D eigenvalue weighted by Crippen LogP contribution is 2.35. The van der Waals surface area contributed by atoms with E-state index in [1.54, 1.807) is 17.9 Å². The number of aryl methyl sites for hydroxylation is 1. The second kappa shape index (κ2) is 9.91. The van der Waals surface area contributed by atoms with Crippen LogP contribution in [0, 0.1) is 0 Å². The van der Waals surface area contributed by atoms with Gasteiger partial charge in [-0.3, -0.25) is 14.8 Å². The summed E-state index contributed by atoms with van der Waals surface area (Å²) in [5.41, 5.74) is 4.31. The monoisotopic (exact) mass is 497 g/mol. The third-order valence-electron chi connectivity index (χ3n) is 6.79. The first-order valence-electron chi connectivity index (χ1n) is 11.9. The zero-order valence-corrected chi connectivity index (χ0v) is 20.5. The Kier molecular flexibility index (Phi) is 6.50. The first-order chi connectivity index (χ1) is 17.9. The van der Waals surface area contributed by atoms with Crippen LogP contribution >= 0.6 is 0 Å². The summed E-state index contributed by atoms with van der Waals surface area (Å²) < 4.78 is 12.3. The van der Waals surface area contributed by atoms with Gasteiger partial charge in [-0.05, 0) is 34.7 Å². The molecule has 1 aromatic heterocycles. The fraction of sp³-hybridized carbons (Fsp3) is 0.207. The number of amides is 1. The van der Waals surface area contributed by atoms with Crippen LogP contribution in [0.1, 0.15) is 24.2 Å². The summed E-state index contributed by atoms with van der Waals surface area (Å²) >= 11 is 0. The summed E-state index contributed by atoms with van der Waals surface area (Å²) in [5, 5.41) is 16.8. The van der Waals surface area contributed by atoms with E-state index < -0.39 is 23.6 Å². The second-order valence-corrected chi connectivity index (χ2v) is 9.15. The second-order valence-electron chi connectivity index (χ2n) is 9.15. The topological polar surface area (TPSA) is 103 Å². The lowest BCUT2D eigenvalue weighted by Gasteiger charge is -2.37. The van der Waals surface area contributed by atoms with Crippen molar-refractivity contribution in [2.45, 2.75) is 18.4 Å². The highest BCUT2D eigenvalue weighted by Gasteiger charge is 2.47. The molecular formula is C29H27N3O5. The zero-order valence-electron chi connectivity index (χ0n) is 20.5. The molecule has 37 heavy (non-hydrogen) atoms. The molecule has 1 saturated heterocycles. The largest absolute Gasteiger partial charge is 0.480 e. The Morgan fingerprint density at radius 1 is 0.973 bits per heavy atom. The molecule has 3 aromatic carbocycles. The number of anilines is 1. The van der Waals surface area contributed by atoms with Gasteiger partial charge in [0.1, 0.15) is 17.3 Å². The van der Waals surface area contributed by atoms with Crippen molar-refractivity contribution in [2.75, 3.05) is 18.5 Å². The quantitative estimate of drug-likeness (QED) is 0.354. The van der Waals surface area contributed by atoms with E-state index in [-0.39, 0.29) is 13.2 Å². The maximum Gasteiger partial charge on any atom is 0.413 e. The number of nitrogens with one attached hydrogen (secondary N) is 1. The lowest BCUT2D eigenvalue weighted by molar-refractivity contribution is -0.163. The Balaban J connectivity index is 1.30. The molecule has 0 radical (unpaired) electrons. The van der Waals surface area contributed by atoms with Gasteiger partial charge in [-0.15, -0.1) is 0 Å². The van der Waals surface area contributed by atoms with Gasteiger partial charge in [0.2, 0.25) is 0 Å². The highest BCUT2D eigenvalue weighted by molar-refractivity contribution is 5.90. The molecule has 1 atom stereocenters. The van der Waals surface area contributed by atoms with Crippen LogP contribution in [0.4, 0.5) is 10.6 Å². The van der Waals surface area contributed by atoms with E-state index >= 15 is 0 Å². The van der Waals surface area contributed by atoms with Crippen molar-refractivity contribution in [3.63, 3.8) is 0 Å². The van der Waals surface area contributed by atoms with Crippen molar-refractivity contribution in [2.24, 2.45) is 7.05 Å². The van der Waals surface area contributed by atoms with Gasteiger partial charge in [0.25, 0.3) is 0 Å². The number of hydrogen-bond acceptors (Lipinski definition) is 5. The summed E-state index contributed by atoms with van der Waals surface area (Å²) in [6.45, 7) is 2.21. The van der Waals surface area contributed by atoms with Crippen LogP contribution in [0.15, 0.2) is 85.1 Å². The Hall–Kier alpha value is -4.43. The number of rotatable bonds is 7. The number of hydrogen-bond donors (Lipinski definition) is 2. The van der Waals surface area contributed by atoms with E-state index in [0.717, 1.165) is 33.4 Å². The number of aliphatic carboxylic acids is 1. The maximum atomic E-state index is 12.6. The van der Waals surface area contributed by atoms with E-state index in [2.05, 4.69) is 10.4 Å². The Morgan fingerprint density at radius 3 is 2.14 bits per heavy atom. The van der Waals surface area contributed by atoms with Crippen LogP contribution in [0.2, 0.25) is 0 Å². The average molecular weight is 498 g/mol. The summed E-state index contributed by atoms with van der Waals surface area (Å²) in [4.78, 5) is 24.3. The molecule has 1 aliphatic heterocycles. The normalized spacial score (nSPS) is 14.9. The minimum Gasteiger partial charge on any atom is -0.480 e. The lowest BCUT2D eigenvalue weighted by Crippen LogP contribution is -2.53. The Morgan fingerprint density at radius 2 is 1.57 bits per heavy atom. The van der Waals surface area contributed by atoms with Crippen LogP contribution in [0.3, 0.4) is 0 Å². The van der Waals surface area contributed by atoms with Crippen molar-refractivity contribution < 1.29 is 24.2 Å². The van der Waals surface area contributed by atoms with E-state index in [1.807, 2.05) is 85.8 Å². The molecule has 0 spiro atoms. The average Bonchev–Trinajstić information content (AvgIpc) is 3.24. The first kappa shape index (κ1) is 24.3. The molecule has 0 bridgehead atoms. The van der Waals surface area contributed by atoms with Gasteiger partial charge in [0, 0.05) is 12.6 Å². The number of carboxylic acids is 1. The van der Waals surface area contributed by atoms with Crippen molar-refractivity contribution in [1.29, 1.82) is 0 Å². The van der Waals surface area contributed by atoms with Crippen LogP contribution in [-0.4, -0.2) is 40.2 Å². The van der Waals surface area contributed by atoms with Crippen molar-refractivity contribution >= 4 is 17.9 Å². The molecule has 2 N–H and O–H groups in total. The van der Waals surface area contributed by atoms with E-state index in [9.17, 15) is 14.7 Å². The van der Waals surface area contributed by atoms with Gasteiger partial charge in [-0.1, -0.05) is 78.9 Å². The van der Waals surface area contributed by atoms with Crippen LogP contribution in [0.5, 0.6) is 0 Å². The molecular weight excluding hydrogens is 470 g/mol. The summed E-state index contributed by atoms with van der Waals surface area (Å²) in [6, 6.07) is 25.0. The number of carbonyl (C=O) groups is 2. The number of benzene rings is 3. The molecule has 1 aliphatic rings. The minimum atomic E-state index is -0.952. The molecule has 8 heteroatoms. The summed E-state index contributed by atoms with van der Waals surface area (Å²) in [7, 11) is 1.76. The van der Waals surface area contributed by atoms with Gasteiger partial charge in [-0.2, -0.15) is 5.10 Å². The highest BCUT2D eigenvalue weighted by atomic mass is 16.6. The number of aromatic nitrogens is 2. The van der Waals surface area contributed by atoms with Crippen LogP contribution in [0.25, 0.3) is 22.3 Å². The molecule has 4 aromatic rings. The third kappa shape index (κ3) is 4.71. The molecule has 1 fully saturated rings. The molecule has 8 nitrogen and oxygen atoms in total. The lowest BCUT2D eigenvalue weighted by atomic mass is 9.78. The number of carboxylic acid groups (broad SMARTS) is 1. The number of nitrogens with zero attached hydrogens (tertiary/aromatic N) is 2. The smallest absolute Gasteiger partial charge is 0.413 e. The van der Waals surface area contributed by atoms with Gasteiger partial charge in [-0.25, -0.2) is 4.79 Å². The third-order valence-corrected chi connectivity index (χ3v) is 6.79. The van der Waals surface area contributed by atoms with E-state index in [4.69, 9.17) is 9.47 Å². The van der Waals surface area contributed by atoms with Gasteiger partial charge in [0.15, 0.2) is 0 Å². The standard InChI is InChI=1S/C29H27N3O5/c1-19(20-6-4-3-5-7-20)37-28(35)31-26-25(16-30-32(26)2)23-10-8-21(9-11-23)22-12-14-24(15-13-22)29(27(33)34)17-36-18-29/h3-16,19H,17-18H2,1-2H3,(H,31,35)(H,33,34)/t19-/m1/s1. The van der Waals surface area contributed by atoms with Crippen molar-refractivity contribution in [3.8, 4) is 22.3 Å². The Bertz CT molecular complexity index is 1410. The molecule has 1 amide bonds. The molecule has 188 valence electrons. The zero-order chi connectivity index (χ0) is 26.0.